The molecule has 6 heteroatoms. The van der Waals surface area contributed by atoms with E-state index < -0.39 is 0 Å². The van der Waals surface area contributed by atoms with Crippen molar-refractivity contribution in [2.24, 2.45) is 7.05 Å². The fourth-order valence-electron chi connectivity index (χ4n) is 1.79. The van der Waals surface area contributed by atoms with Crippen LogP contribution in [0, 0.1) is 6.92 Å². The number of nitrogens with one attached hydrogen (secondary N) is 1. The van der Waals surface area contributed by atoms with Crippen molar-refractivity contribution in [2.75, 3.05) is 12.4 Å². The average molecular weight is 324 g/mol. The monoisotopic (exact) mass is 323 g/mol. The highest BCUT2D eigenvalue weighted by Gasteiger charge is 2.14. The number of ether oxygens (including phenoxy) is 1. The molecule has 2 rings (SSSR count). The summed E-state index contributed by atoms with van der Waals surface area (Å²) in [5.41, 5.74) is 1.91. The maximum absolute atomic E-state index is 12.2. The van der Waals surface area contributed by atoms with E-state index in [1.54, 1.807) is 37.0 Å². The van der Waals surface area contributed by atoms with Crippen LogP contribution < -0.4 is 10.1 Å². The summed E-state index contributed by atoms with van der Waals surface area (Å²) >= 11 is 3.37. The van der Waals surface area contributed by atoms with Gasteiger partial charge in [-0.2, -0.15) is 5.10 Å². The van der Waals surface area contributed by atoms with Gasteiger partial charge in [-0.15, -0.1) is 0 Å². The Morgan fingerprint density at radius 3 is 2.74 bits per heavy atom. The molecular weight excluding hydrogens is 310 g/mol. The predicted octanol–water partition coefficient (Wildman–Crippen LogP) is 2.75. The molecular formula is C13H14BrN3O2. The van der Waals surface area contributed by atoms with E-state index in [0.717, 1.165) is 10.2 Å². The second-order valence-corrected chi connectivity index (χ2v) is 5.01. The van der Waals surface area contributed by atoms with Crippen LogP contribution in [0.5, 0.6) is 5.75 Å². The second kappa shape index (κ2) is 5.44. The Labute approximate surface area is 119 Å². The van der Waals surface area contributed by atoms with Crippen LogP contribution in [0.4, 0.5) is 5.69 Å². The molecule has 19 heavy (non-hydrogen) atoms. The number of amides is 1. The van der Waals surface area contributed by atoms with Gasteiger partial charge in [-0.1, -0.05) is 15.9 Å². The number of rotatable bonds is 3. The second-order valence-electron chi connectivity index (χ2n) is 4.09. The third kappa shape index (κ3) is 2.96. The number of halogens is 1. The molecule has 0 aliphatic rings. The maximum Gasteiger partial charge on any atom is 0.274 e. The zero-order valence-electron chi connectivity index (χ0n) is 10.9. The highest BCUT2D eigenvalue weighted by Crippen LogP contribution is 2.28. The fourth-order valence-corrected chi connectivity index (χ4v) is 2.15. The Hall–Kier alpha value is -1.82. The van der Waals surface area contributed by atoms with Crippen LogP contribution >= 0.6 is 15.9 Å². The van der Waals surface area contributed by atoms with Gasteiger partial charge in [0.25, 0.3) is 5.91 Å². The lowest BCUT2D eigenvalue weighted by molar-refractivity contribution is 0.101. The smallest absolute Gasteiger partial charge is 0.274 e. The van der Waals surface area contributed by atoms with Gasteiger partial charge in [0.15, 0.2) is 0 Å². The Bertz CT molecular complexity index is 622. The highest BCUT2D eigenvalue weighted by molar-refractivity contribution is 9.10. The average Bonchev–Trinajstić information content (AvgIpc) is 2.69. The van der Waals surface area contributed by atoms with Crippen LogP contribution in [-0.2, 0) is 7.05 Å². The topological polar surface area (TPSA) is 56.1 Å². The van der Waals surface area contributed by atoms with Crippen LogP contribution in [0.3, 0.4) is 0 Å². The minimum atomic E-state index is -0.223. The van der Waals surface area contributed by atoms with E-state index in [-0.39, 0.29) is 5.91 Å². The first-order chi connectivity index (χ1) is 9.01. The normalized spacial score (nSPS) is 10.3. The molecule has 1 N–H and O–H groups in total. The van der Waals surface area contributed by atoms with E-state index in [4.69, 9.17) is 4.74 Å². The number of carbonyl (C=O) groups is 1. The van der Waals surface area contributed by atoms with Crippen molar-refractivity contribution in [3.8, 4) is 5.75 Å². The Morgan fingerprint density at radius 2 is 2.16 bits per heavy atom. The number of aryl methyl sites for hydroxylation is 2. The van der Waals surface area contributed by atoms with E-state index in [1.165, 1.54) is 0 Å². The molecule has 0 aliphatic heterocycles. The fraction of sp³-hybridized carbons (Fsp3) is 0.231. The summed E-state index contributed by atoms with van der Waals surface area (Å²) in [6, 6.07) is 7.16. The number of methoxy groups -OCH3 is 1. The number of benzene rings is 1. The van der Waals surface area contributed by atoms with E-state index in [0.29, 0.717) is 17.1 Å². The SMILES string of the molecule is COc1ccc(Br)cc1NC(=O)c1cc(C)nn1C. The van der Waals surface area contributed by atoms with E-state index in [2.05, 4.69) is 26.3 Å². The van der Waals surface area contributed by atoms with Gasteiger partial charge in [-0.05, 0) is 31.2 Å². The van der Waals surface area contributed by atoms with Crippen LogP contribution in [0.1, 0.15) is 16.2 Å². The minimum absolute atomic E-state index is 0.223. The van der Waals surface area contributed by atoms with Gasteiger partial charge in [0.05, 0.1) is 18.5 Å². The van der Waals surface area contributed by atoms with Crippen LogP contribution in [0.2, 0.25) is 0 Å². The lowest BCUT2D eigenvalue weighted by atomic mass is 10.2. The third-order valence-corrected chi connectivity index (χ3v) is 3.14. The molecule has 0 atom stereocenters. The molecule has 1 amide bonds. The Balaban J connectivity index is 2.28. The highest BCUT2D eigenvalue weighted by atomic mass is 79.9. The van der Waals surface area contributed by atoms with Gasteiger partial charge in [0.2, 0.25) is 0 Å². The summed E-state index contributed by atoms with van der Waals surface area (Å²) < 4.78 is 7.63. The summed E-state index contributed by atoms with van der Waals surface area (Å²) in [7, 11) is 3.30. The van der Waals surface area contributed by atoms with Gasteiger partial charge in [-0.25, -0.2) is 0 Å². The molecule has 0 saturated carbocycles. The molecule has 0 bridgehead atoms. The van der Waals surface area contributed by atoms with Crippen LogP contribution in [0.25, 0.3) is 0 Å². The molecule has 5 nitrogen and oxygen atoms in total. The number of anilines is 1. The predicted molar refractivity (Wildman–Crippen MR) is 76.6 cm³/mol. The van der Waals surface area contributed by atoms with Crippen molar-refractivity contribution >= 4 is 27.5 Å². The lowest BCUT2D eigenvalue weighted by Gasteiger charge is -2.10. The Morgan fingerprint density at radius 1 is 1.42 bits per heavy atom. The largest absolute Gasteiger partial charge is 0.495 e. The molecule has 1 aromatic carbocycles. The lowest BCUT2D eigenvalue weighted by Crippen LogP contribution is -2.16. The summed E-state index contributed by atoms with van der Waals surface area (Å²) in [5.74, 6) is 0.384. The first kappa shape index (κ1) is 13.6. The molecule has 0 aliphatic carbocycles. The number of hydrogen-bond acceptors (Lipinski definition) is 3. The zero-order valence-corrected chi connectivity index (χ0v) is 12.5. The van der Waals surface area contributed by atoms with Gasteiger partial charge < -0.3 is 10.1 Å². The first-order valence-corrected chi connectivity index (χ1v) is 6.46. The van der Waals surface area contributed by atoms with Crippen LogP contribution in [-0.4, -0.2) is 22.8 Å². The molecule has 0 fully saturated rings. The standard InChI is InChI=1S/C13H14BrN3O2/c1-8-6-11(17(2)16-8)13(18)15-10-7-9(14)4-5-12(10)19-3/h4-7H,1-3H3,(H,15,18). The van der Waals surface area contributed by atoms with Crippen molar-refractivity contribution in [3.63, 3.8) is 0 Å². The number of nitrogens with zero attached hydrogens (tertiary/aromatic N) is 2. The molecule has 1 aromatic heterocycles. The third-order valence-electron chi connectivity index (χ3n) is 2.64. The van der Waals surface area contributed by atoms with E-state index >= 15 is 0 Å². The van der Waals surface area contributed by atoms with Crippen molar-refractivity contribution < 1.29 is 9.53 Å². The zero-order chi connectivity index (χ0) is 14.0. The van der Waals surface area contributed by atoms with Gasteiger partial charge in [0, 0.05) is 11.5 Å². The Kier molecular flexibility index (Phi) is 3.90. The van der Waals surface area contributed by atoms with E-state index in [9.17, 15) is 4.79 Å². The quantitative estimate of drug-likeness (QED) is 0.944. The van der Waals surface area contributed by atoms with Gasteiger partial charge in [0.1, 0.15) is 11.4 Å². The molecule has 1 heterocycles. The van der Waals surface area contributed by atoms with Gasteiger partial charge in [-0.3, -0.25) is 9.48 Å². The van der Waals surface area contributed by atoms with Crippen molar-refractivity contribution in [1.82, 2.24) is 9.78 Å². The van der Waals surface area contributed by atoms with Crippen molar-refractivity contribution in [1.29, 1.82) is 0 Å². The minimum Gasteiger partial charge on any atom is -0.495 e. The van der Waals surface area contributed by atoms with E-state index in [1.807, 2.05) is 13.0 Å². The van der Waals surface area contributed by atoms with Gasteiger partial charge >= 0.3 is 0 Å². The number of aromatic nitrogens is 2. The van der Waals surface area contributed by atoms with Crippen LogP contribution in [0.15, 0.2) is 28.7 Å². The summed E-state index contributed by atoms with van der Waals surface area (Å²) in [6.45, 7) is 1.84. The number of hydrogen-bond donors (Lipinski definition) is 1. The number of carbonyl (C=O) groups excluding carboxylic acids is 1. The molecule has 0 spiro atoms. The molecule has 100 valence electrons. The first-order valence-electron chi connectivity index (χ1n) is 5.67. The maximum atomic E-state index is 12.2. The summed E-state index contributed by atoms with van der Waals surface area (Å²) in [5, 5.41) is 6.97. The molecule has 2 aromatic rings. The molecule has 0 radical (unpaired) electrons. The molecule has 0 unspecified atom stereocenters. The van der Waals surface area contributed by atoms with Crippen molar-refractivity contribution in [3.05, 3.63) is 40.1 Å². The summed E-state index contributed by atoms with van der Waals surface area (Å²) in [4.78, 5) is 12.2. The summed E-state index contributed by atoms with van der Waals surface area (Å²) in [6.07, 6.45) is 0. The molecule has 0 saturated heterocycles. The van der Waals surface area contributed by atoms with Crippen molar-refractivity contribution in [2.45, 2.75) is 6.92 Å².